The van der Waals surface area contributed by atoms with Crippen molar-refractivity contribution < 1.29 is 13.5 Å². The number of piperazine rings is 1. The number of hydrogen-bond donors (Lipinski definition) is 1. The zero-order valence-corrected chi connectivity index (χ0v) is 20.4. The minimum Gasteiger partial charge on any atom is -0.506 e. The SMILES string of the molecule is CS(=O)(=O)c1cccc(CN2C3CC2CN(c2ccc(-c4cc(O)cn5ncc(C#N)c45)cn2)C3)c1. The molecule has 0 aliphatic carbocycles. The van der Waals surface area contributed by atoms with Crippen LogP contribution in [0, 0.1) is 11.3 Å². The maximum Gasteiger partial charge on any atom is 0.175 e. The average molecular weight is 501 g/mol. The van der Waals surface area contributed by atoms with Crippen molar-refractivity contribution in [2.45, 2.75) is 29.9 Å². The summed E-state index contributed by atoms with van der Waals surface area (Å²) >= 11 is 0. The monoisotopic (exact) mass is 500 g/mol. The van der Waals surface area contributed by atoms with Crippen molar-refractivity contribution in [2.75, 3.05) is 24.2 Å². The molecular formula is C26H24N6O3S. The Bertz CT molecular complexity index is 1610. The molecule has 4 aromatic rings. The molecule has 7 rings (SSSR count). The van der Waals surface area contributed by atoms with E-state index in [9.17, 15) is 18.8 Å². The minimum atomic E-state index is -3.22. The van der Waals surface area contributed by atoms with Gasteiger partial charge in [0.25, 0.3) is 0 Å². The highest BCUT2D eigenvalue weighted by atomic mass is 32.2. The van der Waals surface area contributed by atoms with Crippen LogP contribution in [0.3, 0.4) is 0 Å². The molecule has 1 aromatic carbocycles. The summed E-state index contributed by atoms with van der Waals surface area (Å²) in [6.07, 6.45) is 7.10. The minimum absolute atomic E-state index is 0.0625. The van der Waals surface area contributed by atoms with Gasteiger partial charge in [0.2, 0.25) is 0 Å². The quantitative estimate of drug-likeness (QED) is 0.445. The predicted molar refractivity (Wildman–Crippen MR) is 134 cm³/mol. The first kappa shape index (κ1) is 22.5. The Balaban J connectivity index is 1.19. The van der Waals surface area contributed by atoms with Crippen molar-refractivity contribution in [3.63, 3.8) is 0 Å². The highest BCUT2D eigenvalue weighted by Gasteiger charge is 2.44. The molecule has 0 amide bonds. The molecule has 2 unspecified atom stereocenters. The molecule has 1 N–H and O–H groups in total. The number of nitriles is 1. The molecule has 6 heterocycles. The van der Waals surface area contributed by atoms with E-state index in [1.165, 1.54) is 23.2 Å². The normalized spacial score (nSPS) is 19.7. The largest absolute Gasteiger partial charge is 0.506 e. The van der Waals surface area contributed by atoms with Gasteiger partial charge in [0.05, 0.1) is 28.4 Å². The lowest BCUT2D eigenvalue weighted by Gasteiger charge is -2.56. The molecule has 3 saturated heterocycles. The van der Waals surface area contributed by atoms with Crippen LogP contribution >= 0.6 is 0 Å². The zero-order valence-electron chi connectivity index (χ0n) is 19.6. The Hall–Kier alpha value is -3.94. The number of pyridine rings is 2. The van der Waals surface area contributed by atoms with E-state index >= 15 is 0 Å². The van der Waals surface area contributed by atoms with E-state index in [-0.39, 0.29) is 5.75 Å². The standard InChI is InChI=1S/C26H24N6O3S/c1-36(34,35)23-4-2-3-17(7-23)13-31-20-8-21(31)15-30(14-20)25-6-5-18(11-28-25)24-9-22(33)16-32-26(24)19(10-27)12-29-32/h2-7,9,11-12,16,20-21,33H,8,13-15H2,1H3. The lowest BCUT2D eigenvalue weighted by molar-refractivity contribution is -0.00872. The third kappa shape index (κ3) is 3.86. The maximum atomic E-state index is 11.9. The molecule has 10 heteroatoms. The molecular weight excluding hydrogens is 476 g/mol. The molecule has 3 aliphatic rings. The Morgan fingerprint density at radius 3 is 2.64 bits per heavy atom. The highest BCUT2D eigenvalue weighted by molar-refractivity contribution is 7.90. The van der Waals surface area contributed by atoms with E-state index in [0.717, 1.165) is 43.0 Å². The van der Waals surface area contributed by atoms with Gasteiger partial charge in [-0.15, -0.1) is 0 Å². The summed E-state index contributed by atoms with van der Waals surface area (Å²) in [5.41, 5.74) is 3.59. The second kappa shape index (κ2) is 8.33. The fraction of sp³-hybridized carbons (Fsp3) is 0.269. The lowest BCUT2D eigenvalue weighted by atomic mass is 9.86. The summed E-state index contributed by atoms with van der Waals surface area (Å²) in [7, 11) is -3.22. The van der Waals surface area contributed by atoms with Gasteiger partial charge in [0, 0.05) is 55.3 Å². The summed E-state index contributed by atoms with van der Waals surface area (Å²) in [5.74, 6) is 0.949. The van der Waals surface area contributed by atoms with E-state index in [4.69, 9.17) is 4.98 Å². The van der Waals surface area contributed by atoms with Crippen LogP contribution in [-0.2, 0) is 16.4 Å². The van der Waals surface area contributed by atoms with Gasteiger partial charge >= 0.3 is 0 Å². The maximum absolute atomic E-state index is 11.9. The van der Waals surface area contributed by atoms with Crippen LogP contribution in [0.25, 0.3) is 16.6 Å². The first-order valence-corrected chi connectivity index (χ1v) is 13.6. The second-order valence-electron chi connectivity index (χ2n) is 9.52. The number of sulfone groups is 1. The van der Waals surface area contributed by atoms with Crippen LogP contribution in [0.15, 0.2) is 66.0 Å². The Kier molecular flexibility index (Phi) is 5.21. The number of piperidine rings is 1. The number of hydrogen-bond acceptors (Lipinski definition) is 8. The van der Waals surface area contributed by atoms with E-state index in [1.54, 1.807) is 24.4 Å². The van der Waals surface area contributed by atoms with Crippen LogP contribution in [0.5, 0.6) is 5.75 Å². The summed E-state index contributed by atoms with van der Waals surface area (Å²) in [6, 6.07) is 15.7. The van der Waals surface area contributed by atoms with Gasteiger partial charge in [-0.3, -0.25) is 4.90 Å². The molecule has 0 spiro atoms. The van der Waals surface area contributed by atoms with Crippen molar-refractivity contribution in [3.8, 4) is 22.9 Å². The van der Waals surface area contributed by atoms with Crippen molar-refractivity contribution in [2.24, 2.45) is 0 Å². The van der Waals surface area contributed by atoms with Gasteiger partial charge in [0.1, 0.15) is 17.6 Å². The third-order valence-electron chi connectivity index (χ3n) is 7.14. The third-order valence-corrected chi connectivity index (χ3v) is 8.25. The number of aromatic hydroxyl groups is 1. The fourth-order valence-electron chi connectivity index (χ4n) is 5.36. The van der Waals surface area contributed by atoms with Crippen molar-refractivity contribution >= 4 is 21.2 Å². The molecule has 9 nitrogen and oxygen atoms in total. The van der Waals surface area contributed by atoms with Gasteiger partial charge in [-0.2, -0.15) is 10.4 Å². The van der Waals surface area contributed by atoms with Gasteiger partial charge in [-0.1, -0.05) is 12.1 Å². The number of benzene rings is 1. The molecule has 3 fully saturated rings. The number of fused-ring (bicyclic) bond motifs is 3. The van der Waals surface area contributed by atoms with E-state index in [1.807, 2.05) is 24.3 Å². The van der Waals surface area contributed by atoms with Gasteiger partial charge < -0.3 is 10.0 Å². The topological polar surface area (TPSA) is 115 Å². The van der Waals surface area contributed by atoms with Crippen molar-refractivity contribution in [1.29, 1.82) is 5.26 Å². The highest BCUT2D eigenvalue weighted by Crippen LogP contribution is 2.36. The number of nitrogens with zero attached hydrogens (tertiary/aromatic N) is 6. The molecule has 2 bridgehead atoms. The van der Waals surface area contributed by atoms with E-state index in [2.05, 4.69) is 21.0 Å². The molecule has 0 radical (unpaired) electrons. The zero-order chi connectivity index (χ0) is 25.0. The van der Waals surface area contributed by atoms with Crippen LogP contribution in [-0.4, -0.2) is 64.5 Å². The van der Waals surface area contributed by atoms with Crippen LogP contribution < -0.4 is 4.90 Å². The number of anilines is 1. The van der Waals surface area contributed by atoms with E-state index in [0.29, 0.717) is 33.6 Å². The predicted octanol–water partition coefficient (Wildman–Crippen LogP) is 2.84. The second-order valence-corrected chi connectivity index (χ2v) is 11.5. The first-order valence-electron chi connectivity index (χ1n) is 11.7. The van der Waals surface area contributed by atoms with Crippen LogP contribution in [0.1, 0.15) is 17.5 Å². The molecule has 0 saturated carbocycles. The Morgan fingerprint density at radius 1 is 1.14 bits per heavy atom. The first-order chi connectivity index (χ1) is 17.3. The molecule has 3 aromatic heterocycles. The van der Waals surface area contributed by atoms with Crippen molar-refractivity contribution in [3.05, 3.63) is 72.2 Å². The lowest BCUT2D eigenvalue weighted by Crippen LogP contribution is -2.68. The Labute approximate surface area is 208 Å². The van der Waals surface area contributed by atoms with Gasteiger partial charge in [-0.05, 0) is 42.3 Å². The summed E-state index contributed by atoms with van der Waals surface area (Å²) in [6.45, 7) is 2.44. The molecule has 182 valence electrons. The van der Waals surface area contributed by atoms with Gasteiger partial charge in [-0.25, -0.2) is 17.9 Å². The van der Waals surface area contributed by atoms with Gasteiger partial charge in [0.15, 0.2) is 9.84 Å². The average Bonchev–Trinajstić information content (AvgIpc) is 3.29. The van der Waals surface area contributed by atoms with Crippen molar-refractivity contribution in [1.82, 2.24) is 19.5 Å². The summed E-state index contributed by atoms with van der Waals surface area (Å²) in [4.78, 5) is 9.79. The number of rotatable bonds is 5. The summed E-state index contributed by atoms with van der Waals surface area (Å²) < 4.78 is 25.3. The number of aromatic nitrogens is 3. The van der Waals surface area contributed by atoms with Crippen LogP contribution in [0.2, 0.25) is 0 Å². The smallest absolute Gasteiger partial charge is 0.175 e. The molecule has 3 aliphatic heterocycles. The van der Waals surface area contributed by atoms with E-state index < -0.39 is 9.84 Å². The summed E-state index contributed by atoms with van der Waals surface area (Å²) in [5, 5.41) is 23.7. The van der Waals surface area contributed by atoms with Crippen LogP contribution in [0.4, 0.5) is 5.82 Å². The fourth-order valence-corrected chi connectivity index (χ4v) is 6.05. The molecule has 2 atom stereocenters. The molecule has 36 heavy (non-hydrogen) atoms. The Morgan fingerprint density at radius 2 is 1.94 bits per heavy atom.